The van der Waals surface area contributed by atoms with Crippen molar-refractivity contribution in [2.75, 3.05) is 6.61 Å². The normalized spacial score (nSPS) is 13.0. The first-order chi connectivity index (χ1) is 14.5. The van der Waals surface area contributed by atoms with Gasteiger partial charge >= 0.3 is 0 Å². The molecule has 30 heavy (non-hydrogen) atoms. The van der Waals surface area contributed by atoms with Crippen LogP contribution < -0.4 is 9.47 Å². The molecule has 0 bridgehead atoms. The number of para-hydroxylation sites is 1. The van der Waals surface area contributed by atoms with Gasteiger partial charge in [0.15, 0.2) is 5.83 Å². The summed E-state index contributed by atoms with van der Waals surface area (Å²) in [6.07, 6.45) is 0. The molecule has 0 aliphatic rings. The van der Waals surface area contributed by atoms with Crippen LogP contribution in [0.2, 0.25) is 13.1 Å². The molecule has 0 aliphatic heterocycles. The molecule has 5 heteroatoms. The third-order valence-corrected chi connectivity index (χ3v) is 6.37. The molecule has 0 aliphatic carbocycles. The SMILES string of the molecule is CCOc1ccc(C(F)=C(F)C(c2cccc(Oc3ccccc3)c2)[Si](C)C)cc1. The minimum Gasteiger partial charge on any atom is -0.494 e. The van der Waals surface area contributed by atoms with Gasteiger partial charge in [0.05, 0.1) is 15.4 Å². The standard InChI is InChI=1S/C25H25F2O2Si/c1-4-28-20-15-13-18(14-16-20)23(26)24(27)25(30(2)3)19-9-8-12-22(17-19)29-21-10-6-5-7-11-21/h5-17,25H,4H2,1-3H3. The monoisotopic (exact) mass is 423 g/mol. The van der Waals surface area contributed by atoms with Crippen molar-refractivity contribution in [1.82, 2.24) is 0 Å². The first-order valence-corrected chi connectivity index (χ1v) is 12.5. The zero-order valence-electron chi connectivity index (χ0n) is 17.4. The zero-order valence-corrected chi connectivity index (χ0v) is 18.4. The van der Waals surface area contributed by atoms with Gasteiger partial charge in [-0.3, -0.25) is 0 Å². The summed E-state index contributed by atoms with van der Waals surface area (Å²) < 4.78 is 41.6. The highest BCUT2D eigenvalue weighted by atomic mass is 28.3. The lowest BCUT2D eigenvalue weighted by molar-refractivity contribution is 0.340. The molecular formula is C25H25F2O2Si. The summed E-state index contributed by atoms with van der Waals surface area (Å²) in [6.45, 7) is 6.35. The van der Waals surface area contributed by atoms with E-state index in [1.165, 1.54) is 0 Å². The Morgan fingerprint density at radius 2 is 1.50 bits per heavy atom. The van der Waals surface area contributed by atoms with Crippen LogP contribution in [0.5, 0.6) is 17.2 Å². The third kappa shape index (κ3) is 5.36. The van der Waals surface area contributed by atoms with Crippen LogP contribution in [-0.2, 0) is 0 Å². The Kier molecular flexibility index (Phi) is 7.41. The molecule has 0 amide bonds. The maximum Gasteiger partial charge on any atom is 0.162 e. The molecule has 0 fully saturated rings. The fraction of sp³-hybridized carbons (Fsp3) is 0.200. The van der Waals surface area contributed by atoms with Crippen LogP contribution >= 0.6 is 0 Å². The molecule has 2 nitrogen and oxygen atoms in total. The van der Waals surface area contributed by atoms with E-state index in [4.69, 9.17) is 9.47 Å². The van der Waals surface area contributed by atoms with E-state index in [1.54, 1.807) is 30.3 Å². The molecule has 1 atom stereocenters. The van der Waals surface area contributed by atoms with Crippen molar-refractivity contribution in [3.8, 4) is 17.2 Å². The Bertz CT molecular complexity index is 986. The van der Waals surface area contributed by atoms with Crippen LogP contribution in [0, 0.1) is 0 Å². The lowest BCUT2D eigenvalue weighted by atomic mass is 10.1. The maximum absolute atomic E-state index is 15.3. The quantitative estimate of drug-likeness (QED) is 0.348. The first-order valence-electron chi connectivity index (χ1n) is 9.91. The lowest BCUT2D eigenvalue weighted by Crippen LogP contribution is -2.17. The Hall–Kier alpha value is -2.92. The van der Waals surface area contributed by atoms with Crippen molar-refractivity contribution < 1.29 is 18.3 Å². The molecule has 3 rings (SSSR count). The average Bonchev–Trinajstić information content (AvgIpc) is 2.75. The molecule has 0 saturated heterocycles. The summed E-state index contributed by atoms with van der Waals surface area (Å²) in [7, 11) is -1.23. The molecule has 0 heterocycles. The van der Waals surface area contributed by atoms with E-state index in [-0.39, 0.29) is 5.56 Å². The molecule has 3 aromatic carbocycles. The Labute approximate surface area is 178 Å². The van der Waals surface area contributed by atoms with Gasteiger partial charge in [0.1, 0.15) is 23.1 Å². The molecule has 155 valence electrons. The van der Waals surface area contributed by atoms with Gasteiger partial charge in [0.2, 0.25) is 0 Å². The summed E-state index contributed by atoms with van der Waals surface area (Å²) in [5.41, 5.74) is 0.294. The largest absolute Gasteiger partial charge is 0.494 e. The summed E-state index contributed by atoms with van der Waals surface area (Å²) in [6, 6.07) is 23.0. The molecule has 0 saturated carbocycles. The van der Waals surface area contributed by atoms with Gasteiger partial charge in [-0.2, -0.15) is 0 Å². The highest BCUT2D eigenvalue weighted by molar-refractivity contribution is 6.58. The Balaban J connectivity index is 1.91. The smallest absolute Gasteiger partial charge is 0.162 e. The second kappa shape index (κ2) is 10.2. The predicted octanol–water partition coefficient (Wildman–Crippen LogP) is 7.56. The predicted molar refractivity (Wildman–Crippen MR) is 120 cm³/mol. The highest BCUT2D eigenvalue weighted by Gasteiger charge is 2.26. The second-order valence-corrected chi connectivity index (χ2v) is 9.85. The van der Waals surface area contributed by atoms with Crippen molar-refractivity contribution in [2.45, 2.75) is 25.6 Å². The van der Waals surface area contributed by atoms with E-state index >= 15 is 8.78 Å². The van der Waals surface area contributed by atoms with E-state index in [0.29, 0.717) is 29.4 Å². The third-order valence-electron chi connectivity index (χ3n) is 4.63. The van der Waals surface area contributed by atoms with Crippen molar-refractivity contribution in [3.63, 3.8) is 0 Å². The fourth-order valence-corrected chi connectivity index (χ4v) is 4.72. The van der Waals surface area contributed by atoms with Gasteiger partial charge in [-0.15, -0.1) is 0 Å². The number of allylic oxidation sites excluding steroid dienone is 1. The van der Waals surface area contributed by atoms with Gasteiger partial charge in [0, 0.05) is 11.1 Å². The number of benzene rings is 3. The number of ether oxygens (including phenoxy) is 2. The number of hydrogen-bond donors (Lipinski definition) is 0. The minimum atomic E-state index is -1.23. The zero-order chi connectivity index (χ0) is 21.5. The van der Waals surface area contributed by atoms with Gasteiger partial charge < -0.3 is 9.47 Å². The fourth-order valence-electron chi connectivity index (χ4n) is 3.24. The van der Waals surface area contributed by atoms with Crippen LogP contribution in [0.25, 0.3) is 5.83 Å². The van der Waals surface area contributed by atoms with Crippen LogP contribution in [0.3, 0.4) is 0 Å². The molecule has 3 aromatic rings. The van der Waals surface area contributed by atoms with Crippen molar-refractivity contribution in [3.05, 3.63) is 95.8 Å². The average molecular weight is 424 g/mol. The van der Waals surface area contributed by atoms with E-state index in [1.807, 2.05) is 68.5 Å². The van der Waals surface area contributed by atoms with Gasteiger partial charge in [-0.05, 0) is 61.0 Å². The van der Waals surface area contributed by atoms with E-state index < -0.39 is 26.0 Å². The first kappa shape index (κ1) is 21.8. The molecule has 0 N–H and O–H groups in total. The molecule has 0 spiro atoms. The Morgan fingerprint density at radius 3 is 2.13 bits per heavy atom. The summed E-state index contributed by atoms with van der Waals surface area (Å²) in [5, 5.41) is 0. The second-order valence-electron chi connectivity index (χ2n) is 7.12. The van der Waals surface area contributed by atoms with Crippen molar-refractivity contribution in [2.24, 2.45) is 0 Å². The van der Waals surface area contributed by atoms with E-state index in [9.17, 15) is 0 Å². The number of rotatable bonds is 8. The topological polar surface area (TPSA) is 18.5 Å². The molecule has 0 aromatic heterocycles. The number of hydrogen-bond acceptors (Lipinski definition) is 2. The van der Waals surface area contributed by atoms with Crippen LogP contribution in [0.4, 0.5) is 8.78 Å². The highest BCUT2D eigenvalue weighted by Crippen LogP contribution is 2.37. The molecular weight excluding hydrogens is 398 g/mol. The lowest BCUT2D eigenvalue weighted by Gasteiger charge is -2.20. The molecule has 1 unspecified atom stereocenters. The van der Waals surface area contributed by atoms with Crippen LogP contribution in [0.15, 0.2) is 84.7 Å². The molecule has 1 radical (unpaired) electrons. The van der Waals surface area contributed by atoms with Crippen LogP contribution in [0.1, 0.15) is 23.6 Å². The van der Waals surface area contributed by atoms with Gasteiger partial charge in [-0.1, -0.05) is 43.4 Å². The summed E-state index contributed by atoms with van der Waals surface area (Å²) >= 11 is 0. The van der Waals surface area contributed by atoms with E-state index in [0.717, 1.165) is 0 Å². The summed E-state index contributed by atoms with van der Waals surface area (Å²) in [4.78, 5) is 0. The Morgan fingerprint density at radius 1 is 0.833 bits per heavy atom. The summed E-state index contributed by atoms with van der Waals surface area (Å²) in [5.74, 6) is 0.355. The van der Waals surface area contributed by atoms with Crippen molar-refractivity contribution >= 4 is 14.6 Å². The van der Waals surface area contributed by atoms with Gasteiger partial charge in [0.25, 0.3) is 0 Å². The van der Waals surface area contributed by atoms with Crippen molar-refractivity contribution in [1.29, 1.82) is 0 Å². The minimum absolute atomic E-state index is 0.209. The number of halogens is 2. The van der Waals surface area contributed by atoms with Crippen LogP contribution in [-0.4, -0.2) is 15.4 Å². The van der Waals surface area contributed by atoms with E-state index in [2.05, 4.69) is 0 Å². The van der Waals surface area contributed by atoms with Gasteiger partial charge in [-0.25, -0.2) is 8.78 Å². The maximum atomic E-state index is 15.3.